The van der Waals surface area contributed by atoms with Crippen LogP contribution in [0.3, 0.4) is 0 Å². The molecule has 0 amide bonds. The highest BCUT2D eigenvalue weighted by Crippen LogP contribution is 2.20. The zero-order valence-corrected chi connectivity index (χ0v) is 11.2. The average Bonchev–Trinajstić information content (AvgIpc) is 2.48. The van der Waals surface area contributed by atoms with E-state index >= 15 is 0 Å². The molecule has 5 nitrogen and oxygen atoms in total. The molecule has 3 rings (SSSR count). The van der Waals surface area contributed by atoms with Crippen molar-refractivity contribution >= 4 is 17.0 Å². The highest BCUT2D eigenvalue weighted by molar-refractivity contribution is 5.74. The zero-order chi connectivity index (χ0) is 13.1. The van der Waals surface area contributed by atoms with E-state index in [2.05, 4.69) is 25.4 Å². The summed E-state index contributed by atoms with van der Waals surface area (Å²) in [6.45, 7) is 3.14. The van der Waals surface area contributed by atoms with Crippen molar-refractivity contribution in [2.75, 3.05) is 31.6 Å². The van der Waals surface area contributed by atoms with Crippen molar-refractivity contribution in [2.24, 2.45) is 5.92 Å². The third kappa shape index (κ3) is 2.66. The summed E-state index contributed by atoms with van der Waals surface area (Å²) in [5, 5.41) is 11.8. The van der Waals surface area contributed by atoms with Gasteiger partial charge in [-0.3, -0.25) is 0 Å². The van der Waals surface area contributed by atoms with Gasteiger partial charge in [0.1, 0.15) is 5.52 Å². The lowest BCUT2D eigenvalue weighted by molar-refractivity contribution is 0.390. The molecular weight excluding hydrogens is 238 g/mol. The molecule has 1 fully saturated rings. The summed E-state index contributed by atoms with van der Waals surface area (Å²) in [6, 6.07) is 7.88. The molecule has 19 heavy (non-hydrogen) atoms. The van der Waals surface area contributed by atoms with Crippen LogP contribution in [0.5, 0.6) is 0 Å². The number of nitrogens with one attached hydrogen (secondary N) is 1. The molecule has 2 heterocycles. The fourth-order valence-electron chi connectivity index (χ4n) is 2.63. The van der Waals surface area contributed by atoms with E-state index in [1.54, 1.807) is 0 Å². The first kappa shape index (κ1) is 12.3. The van der Waals surface area contributed by atoms with Gasteiger partial charge in [-0.15, -0.1) is 10.2 Å². The quantitative estimate of drug-likeness (QED) is 0.902. The number of anilines is 1. The minimum absolute atomic E-state index is 0.765. The molecule has 0 aliphatic carbocycles. The molecule has 0 unspecified atom stereocenters. The molecule has 0 atom stereocenters. The number of nitrogens with zero attached hydrogens (tertiary/aromatic N) is 4. The Morgan fingerprint density at radius 2 is 1.89 bits per heavy atom. The Hall–Kier alpha value is -1.75. The first-order chi connectivity index (χ1) is 9.36. The second kappa shape index (κ2) is 5.48. The Bertz CT molecular complexity index is 548. The maximum Gasteiger partial charge on any atom is 0.245 e. The number of hydrogen-bond acceptors (Lipinski definition) is 5. The summed E-state index contributed by atoms with van der Waals surface area (Å²) in [6.07, 6.45) is 2.38. The van der Waals surface area contributed by atoms with Crippen LogP contribution in [-0.4, -0.2) is 41.9 Å². The molecule has 100 valence electrons. The van der Waals surface area contributed by atoms with Gasteiger partial charge in [-0.25, -0.2) is 4.98 Å². The van der Waals surface area contributed by atoms with Crippen molar-refractivity contribution in [3.63, 3.8) is 0 Å². The van der Waals surface area contributed by atoms with E-state index in [1.807, 2.05) is 31.3 Å². The van der Waals surface area contributed by atoms with Crippen molar-refractivity contribution in [3.05, 3.63) is 24.3 Å². The molecule has 1 N–H and O–H groups in total. The molecule has 1 aromatic heterocycles. The van der Waals surface area contributed by atoms with Crippen LogP contribution in [0.15, 0.2) is 24.3 Å². The fourth-order valence-corrected chi connectivity index (χ4v) is 2.63. The lowest BCUT2D eigenvalue weighted by Crippen LogP contribution is -2.37. The lowest BCUT2D eigenvalue weighted by Gasteiger charge is -2.31. The molecular formula is C14H19N5. The molecule has 1 aliphatic rings. The SMILES string of the molecule is CNCC1CCN(c2nnc3ccccc3n2)CC1. The van der Waals surface area contributed by atoms with Crippen molar-refractivity contribution in [1.29, 1.82) is 0 Å². The Balaban J connectivity index is 1.74. The summed E-state index contributed by atoms with van der Waals surface area (Å²) < 4.78 is 0. The summed E-state index contributed by atoms with van der Waals surface area (Å²) in [4.78, 5) is 6.85. The van der Waals surface area contributed by atoms with Crippen LogP contribution in [0.2, 0.25) is 0 Å². The molecule has 1 aliphatic heterocycles. The molecule has 0 saturated carbocycles. The lowest BCUT2D eigenvalue weighted by atomic mass is 9.97. The van der Waals surface area contributed by atoms with Gasteiger partial charge >= 0.3 is 0 Å². The van der Waals surface area contributed by atoms with Crippen LogP contribution in [0.1, 0.15) is 12.8 Å². The molecule has 1 aromatic carbocycles. The number of hydrogen-bond donors (Lipinski definition) is 1. The fraction of sp³-hybridized carbons (Fsp3) is 0.500. The number of rotatable bonds is 3. The van der Waals surface area contributed by atoms with Gasteiger partial charge in [0.2, 0.25) is 5.95 Å². The second-order valence-corrected chi connectivity index (χ2v) is 5.09. The summed E-state index contributed by atoms with van der Waals surface area (Å²) in [5.41, 5.74) is 1.78. The molecule has 2 aromatic rings. The van der Waals surface area contributed by atoms with Gasteiger partial charge in [-0.2, -0.15) is 0 Å². The van der Waals surface area contributed by atoms with Crippen molar-refractivity contribution < 1.29 is 0 Å². The summed E-state index contributed by atoms with van der Waals surface area (Å²) in [5.74, 6) is 1.54. The van der Waals surface area contributed by atoms with Crippen LogP contribution in [-0.2, 0) is 0 Å². The first-order valence-electron chi connectivity index (χ1n) is 6.86. The van der Waals surface area contributed by atoms with Crippen molar-refractivity contribution in [1.82, 2.24) is 20.5 Å². The standard InChI is InChI=1S/C14H19N5/c1-15-10-11-6-8-19(9-7-11)14-16-12-4-2-3-5-13(12)17-18-14/h2-5,11,15H,6-10H2,1H3. The third-order valence-corrected chi connectivity index (χ3v) is 3.74. The van der Waals surface area contributed by atoms with E-state index in [-0.39, 0.29) is 0 Å². The van der Waals surface area contributed by atoms with Crippen LogP contribution >= 0.6 is 0 Å². The van der Waals surface area contributed by atoms with E-state index in [4.69, 9.17) is 0 Å². The van der Waals surface area contributed by atoms with E-state index in [0.717, 1.165) is 42.5 Å². The Kier molecular flexibility index (Phi) is 3.55. The molecule has 5 heteroatoms. The Morgan fingerprint density at radius 3 is 2.63 bits per heavy atom. The van der Waals surface area contributed by atoms with Crippen LogP contribution in [0, 0.1) is 5.92 Å². The van der Waals surface area contributed by atoms with Crippen LogP contribution in [0.4, 0.5) is 5.95 Å². The van der Waals surface area contributed by atoms with Gasteiger partial charge in [0.25, 0.3) is 0 Å². The van der Waals surface area contributed by atoms with Gasteiger partial charge in [-0.05, 0) is 44.5 Å². The highest BCUT2D eigenvalue weighted by Gasteiger charge is 2.20. The highest BCUT2D eigenvalue weighted by atomic mass is 15.3. The Morgan fingerprint density at radius 1 is 1.16 bits per heavy atom. The normalized spacial score (nSPS) is 17.0. The number of piperidine rings is 1. The van der Waals surface area contributed by atoms with Gasteiger partial charge < -0.3 is 10.2 Å². The topological polar surface area (TPSA) is 53.9 Å². The summed E-state index contributed by atoms with van der Waals surface area (Å²) in [7, 11) is 2.02. The minimum Gasteiger partial charge on any atom is -0.339 e. The predicted octanol–water partition coefficient (Wildman–Crippen LogP) is 1.46. The van der Waals surface area contributed by atoms with E-state index in [0.29, 0.717) is 0 Å². The third-order valence-electron chi connectivity index (χ3n) is 3.74. The number of para-hydroxylation sites is 1. The van der Waals surface area contributed by atoms with Crippen molar-refractivity contribution in [2.45, 2.75) is 12.8 Å². The summed E-state index contributed by atoms with van der Waals surface area (Å²) >= 11 is 0. The van der Waals surface area contributed by atoms with Gasteiger partial charge in [0.05, 0.1) is 5.52 Å². The molecule has 0 radical (unpaired) electrons. The maximum atomic E-state index is 4.61. The Labute approximate surface area is 113 Å². The van der Waals surface area contributed by atoms with Gasteiger partial charge in [-0.1, -0.05) is 12.1 Å². The van der Waals surface area contributed by atoms with E-state index in [9.17, 15) is 0 Å². The molecule has 0 spiro atoms. The predicted molar refractivity (Wildman–Crippen MR) is 76.2 cm³/mol. The average molecular weight is 257 g/mol. The number of fused-ring (bicyclic) bond motifs is 1. The van der Waals surface area contributed by atoms with Crippen LogP contribution < -0.4 is 10.2 Å². The smallest absolute Gasteiger partial charge is 0.245 e. The van der Waals surface area contributed by atoms with E-state index in [1.165, 1.54) is 12.8 Å². The molecule has 0 bridgehead atoms. The molecule has 1 saturated heterocycles. The minimum atomic E-state index is 0.765. The number of aromatic nitrogens is 3. The largest absolute Gasteiger partial charge is 0.339 e. The van der Waals surface area contributed by atoms with Gasteiger partial charge in [0, 0.05) is 13.1 Å². The zero-order valence-electron chi connectivity index (χ0n) is 11.2. The first-order valence-corrected chi connectivity index (χ1v) is 6.86. The van der Waals surface area contributed by atoms with E-state index < -0.39 is 0 Å². The van der Waals surface area contributed by atoms with Gasteiger partial charge in [0.15, 0.2) is 0 Å². The monoisotopic (exact) mass is 257 g/mol. The maximum absolute atomic E-state index is 4.61. The second-order valence-electron chi connectivity index (χ2n) is 5.09. The number of benzene rings is 1. The van der Waals surface area contributed by atoms with Crippen molar-refractivity contribution in [3.8, 4) is 0 Å². The van der Waals surface area contributed by atoms with Crippen LogP contribution in [0.25, 0.3) is 11.0 Å².